The third-order valence-corrected chi connectivity index (χ3v) is 1.70. The van der Waals surface area contributed by atoms with Crippen molar-refractivity contribution < 1.29 is 14.7 Å². The third-order valence-electron chi connectivity index (χ3n) is 1.70. The zero-order valence-corrected chi connectivity index (χ0v) is 5.70. The van der Waals surface area contributed by atoms with E-state index >= 15 is 0 Å². The number of hydrogen-bond donors (Lipinski definition) is 1. The van der Waals surface area contributed by atoms with Crippen molar-refractivity contribution in [3.8, 4) is 0 Å². The molecular formula is C6H9NO3. The number of amides is 2. The van der Waals surface area contributed by atoms with Crippen molar-refractivity contribution in [2.75, 3.05) is 6.54 Å². The SMILES string of the molecule is CC1CCN(C(=O)O)C1=O. The molecule has 1 heterocycles. The van der Waals surface area contributed by atoms with Crippen LogP contribution in [-0.2, 0) is 4.79 Å². The van der Waals surface area contributed by atoms with Crippen molar-refractivity contribution in [3.63, 3.8) is 0 Å². The Kier molecular flexibility index (Phi) is 1.61. The topological polar surface area (TPSA) is 57.6 Å². The second-order valence-electron chi connectivity index (χ2n) is 2.46. The molecule has 0 saturated carbocycles. The molecule has 1 saturated heterocycles. The number of imide groups is 1. The molecule has 56 valence electrons. The van der Waals surface area contributed by atoms with Crippen molar-refractivity contribution in [3.05, 3.63) is 0 Å². The van der Waals surface area contributed by atoms with Crippen LogP contribution in [0.1, 0.15) is 13.3 Å². The molecule has 1 aliphatic heterocycles. The second kappa shape index (κ2) is 2.28. The summed E-state index contributed by atoms with van der Waals surface area (Å²) < 4.78 is 0. The quantitative estimate of drug-likeness (QED) is 0.538. The lowest BCUT2D eigenvalue weighted by Crippen LogP contribution is -2.31. The van der Waals surface area contributed by atoms with Crippen LogP contribution in [0, 0.1) is 5.92 Å². The van der Waals surface area contributed by atoms with Crippen LogP contribution in [0.4, 0.5) is 4.79 Å². The van der Waals surface area contributed by atoms with Crippen LogP contribution in [0.5, 0.6) is 0 Å². The first kappa shape index (κ1) is 7.05. The summed E-state index contributed by atoms with van der Waals surface area (Å²) in [7, 11) is 0. The van der Waals surface area contributed by atoms with E-state index in [2.05, 4.69) is 0 Å². The van der Waals surface area contributed by atoms with Gasteiger partial charge >= 0.3 is 6.09 Å². The molecule has 0 spiro atoms. The molecule has 10 heavy (non-hydrogen) atoms. The molecule has 0 aromatic rings. The van der Waals surface area contributed by atoms with E-state index in [4.69, 9.17) is 5.11 Å². The van der Waals surface area contributed by atoms with E-state index in [0.29, 0.717) is 13.0 Å². The van der Waals surface area contributed by atoms with Gasteiger partial charge in [0, 0.05) is 12.5 Å². The van der Waals surface area contributed by atoms with E-state index in [1.54, 1.807) is 6.92 Å². The van der Waals surface area contributed by atoms with Gasteiger partial charge in [0.05, 0.1) is 0 Å². The van der Waals surface area contributed by atoms with Gasteiger partial charge in [0.1, 0.15) is 0 Å². The van der Waals surface area contributed by atoms with Crippen molar-refractivity contribution in [1.29, 1.82) is 0 Å². The van der Waals surface area contributed by atoms with Gasteiger partial charge in [-0.1, -0.05) is 6.92 Å². The molecule has 0 bridgehead atoms. The highest BCUT2D eigenvalue weighted by Gasteiger charge is 2.31. The summed E-state index contributed by atoms with van der Waals surface area (Å²) in [5, 5.41) is 8.41. The van der Waals surface area contributed by atoms with Crippen LogP contribution in [0.25, 0.3) is 0 Å². The Morgan fingerprint density at radius 3 is 2.60 bits per heavy atom. The molecule has 0 aromatic carbocycles. The fourth-order valence-electron chi connectivity index (χ4n) is 1.01. The minimum Gasteiger partial charge on any atom is -0.465 e. The third kappa shape index (κ3) is 0.964. The molecular weight excluding hydrogens is 134 g/mol. The predicted molar refractivity (Wildman–Crippen MR) is 33.5 cm³/mol. The lowest BCUT2D eigenvalue weighted by molar-refractivity contribution is -0.128. The van der Waals surface area contributed by atoms with Gasteiger partial charge in [-0.05, 0) is 6.42 Å². The number of hydrogen-bond acceptors (Lipinski definition) is 2. The lowest BCUT2D eigenvalue weighted by atomic mass is 10.1. The van der Waals surface area contributed by atoms with Gasteiger partial charge in [-0.3, -0.25) is 4.79 Å². The number of carbonyl (C=O) groups is 2. The maximum Gasteiger partial charge on any atom is 0.414 e. The summed E-state index contributed by atoms with van der Waals surface area (Å²) in [6.07, 6.45) is -0.472. The second-order valence-corrected chi connectivity index (χ2v) is 2.46. The maximum absolute atomic E-state index is 10.9. The Hall–Kier alpha value is -1.06. The fraction of sp³-hybridized carbons (Fsp3) is 0.667. The molecule has 0 aromatic heterocycles. The van der Waals surface area contributed by atoms with Crippen LogP contribution in [0.3, 0.4) is 0 Å². The minimum atomic E-state index is -1.13. The Labute approximate surface area is 58.4 Å². The number of nitrogens with zero attached hydrogens (tertiary/aromatic N) is 1. The zero-order chi connectivity index (χ0) is 7.72. The molecule has 4 nitrogen and oxygen atoms in total. The van der Waals surface area contributed by atoms with Gasteiger partial charge in [-0.2, -0.15) is 0 Å². The molecule has 1 unspecified atom stereocenters. The maximum atomic E-state index is 10.9. The smallest absolute Gasteiger partial charge is 0.414 e. The first-order valence-corrected chi connectivity index (χ1v) is 3.17. The highest BCUT2D eigenvalue weighted by atomic mass is 16.4. The van der Waals surface area contributed by atoms with Crippen molar-refractivity contribution in [2.24, 2.45) is 5.92 Å². The first-order chi connectivity index (χ1) is 4.63. The van der Waals surface area contributed by atoms with E-state index in [1.165, 1.54) is 0 Å². The van der Waals surface area contributed by atoms with Gasteiger partial charge in [-0.25, -0.2) is 9.69 Å². The molecule has 1 atom stereocenters. The number of carboxylic acid groups (broad SMARTS) is 1. The van der Waals surface area contributed by atoms with Crippen molar-refractivity contribution >= 4 is 12.0 Å². The monoisotopic (exact) mass is 143 g/mol. The van der Waals surface area contributed by atoms with Crippen LogP contribution < -0.4 is 0 Å². The average Bonchev–Trinajstić information content (AvgIpc) is 2.14. The Morgan fingerprint density at radius 1 is 1.80 bits per heavy atom. The van der Waals surface area contributed by atoms with Gasteiger partial charge in [-0.15, -0.1) is 0 Å². The number of carbonyl (C=O) groups excluding carboxylic acids is 1. The van der Waals surface area contributed by atoms with Gasteiger partial charge < -0.3 is 5.11 Å². The van der Waals surface area contributed by atoms with E-state index < -0.39 is 6.09 Å². The molecule has 1 N–H and O–H groups in total. The van der Waals surface area contributed by atoms with Crippen LogP contribution in [0.15, 0.2) is 0 Å². The summed E-state index contributed by atoms with van der Waals surface area (Å²) in [4.78, 5) is 22.0. The first-order valence-electron chi connectivity index (χ1n) is 3.17. The van der Waals surface area contributed by atoms with E-state index in [9.17, 15) is 9.59 Å². The average molecular weight is 143 g/mol. The molecule has 4 heteroatoms. The Morgan fingerprint density at radius 2 is 2.40 bits per heavy atom. The highest BCUT2D eigenvalue weighted by Crippen LogP contribution is 2.16. The molecule has 0 radical (unpaired) electrons. The highest BCUT2D eigenvalue weighted by molar-refractivity contribution is 5.93. The fourth-order valence-corrected chi connectivity index (χ4v) is 1.01. The summed E-state index contributed by atoms with van der Waals surface area (Å²) in [6, 6.07) is 0. The van der Waals surface area contributed by atoms with Crippen LogP contribution >= 0.6 is 0 Å². The molecule has 2 amide bonds. The van der Waals surface area contributed by atoms with E-state index in [1.807, 2.05) is 0 Å². The van der Waals surface area contributed by atoms with Crippen LogP contribution in [-0.4, -0.2) is 28.6 Å². The van der Waals surface area contributed by atoms with Crippen molar-refractivity contribution in [1.82, 2.24) is 4.90 Å². The minimum absolute atomic E-state index is 0.115. The molecule has 1 rings (SSSR count). The standard InChI is InChI=1S/C6H9NO3/c1-4-2-3-7(5(4)8)6(9)10/h4H,2-3H2,1H3,(H,9,10). The Bertz CT molecular complexity index is 178. The summed E-state index contributed by atoms with van der Waals surface area (Å²) in [5.41, 5.74) is 0. The number of rotatable bonds is 0. The Balaban J connectivity index is 2.66. The van der Waals surface area contributed by atoms with Gasteiger partial charge in [0.25, 0.3) is 0 Å². The number of likely N-dealkylation sites (tertiary alicyclic amines) is 1. The van der Waals surface area contributed by atoms with Gasteiger partial charge in [0.2, 0.25) is 5.91 Å². The van der Waals surface area contributed by atoms with Crippen molar-refractivity contribution in [2.45, 2.75) is 13.3 Å². The predicted octanol–water partition coefficient (Wildman–Crippen LogP) is 0.533. The molecule has 1 aliphatic rings. The largest absolute Gasteiger partial charge is 0.465 e. The molecule has 0 aliphatic carbocycles. The summed E-state index contributed by atoms with van der Waals surface area (Å²) in [6.45, 7) is 2.10. The normalized spacial score (nSPS) is 25.5. The summed E-state index contributed by atoms with van der Waals surface area (Å²) in [5.74, 6) is -0.386. The van der Waals surface area contributed by atoms with Gasteiger partial charge in [0.15, 0.2) is 0 Å². The van der Waals surface area contributed by atoms with E-state index in [0.717, 1.165) is 4.90 Å². The van der Waals surface area contributed by atoms with E-state index in [-0.39, 0.29) is 11.8 Å². The molecule has 1 fully saturated rings. The lowest BCUT2D eigenvalue weighted by Gasteiger charge is -2.07. The summed E-state index contributed by atoms with van der Waals surface area (Å²) >= 11 is 0. The van der Waals surface area contributed by atoms with Crippen LogP contribution in [0.2, 0.25) is 0 Å². The zero-order valence-electron chi connectivity index (χ0n) is 5.70.